The van der Waals surface area contributed by atoms with Gasteiger partial charge in [0.25, 0.3) is 0 Å². The van der Waals surface area contributed by atoms with Gasteiger partial charge in [0.2, 0.25) is 0 Å². The Kier molecular flexibility index (Phi) is 3.42. The van der Waals surface area contributed by atoms with Crippen molar-refractivity contribution in [2.24, 2.45) is 0 Å². The molecule has 17 heavy (non-hydrogen) atoms. The van der Waals surface area contributed by atoms with E-state index in [9.17, 15) is 0 Å². The maximum absolute atomic E-state index is 8.97. The Morgan fingerprint density at radius 1 is 1.00 bits per heavy atom. The van der Waals surface area contributed by atoms with E-state index in [0.29, 0.717) is 11.3 Å². The van der Waals surface area contributed by atoms with Crippen LogP contribution in [0.3, 0.4) is 0 Å². The van der Waals surface area contributed by atoms with Crippen LogP contribution < -0.4 is 4.74 Å². The SMILES string of the molecule is C[C@H](Oc1ccccc1C#N)c1ccccc1. The lowest BCUT2D eigenvalue weighted by atomic mass is 10.1. The van der Waals surface area contributed by atoms with Gasteiger partial charge in [-0.25, -0.2) is 0 Å². The molecule has 0 aromatic heterocycles. The largest absolute Gasteiger partial charge is 0.485 e. The van der Waals surface area contributed by atoms with Crippen molar-refractivity contribution < 1.29 is 4.74 Å². The van der Waals surface area contributed by atoms with Crippen LogP contribution in [0.25, 0.3) is 0 Å². The Morgan fingerprint density at radius 2 is 1.65 bits per heavy atom. The molecule has 0 bridgehead atoms. The highest BCUT2D eigenvalue weighted by atomic mass is 16.5. The molecule has 0 saturated carbocycles. The van der Waals surface area contributed by atoms with E-state index >= 15 is 0 Å². The van der Waals surface area contributed by atoms with Crippen LogP contribution in [0.5, 0.6) is 5.75 Å². The second kappa shape index (κ2) is 5.18. The first-order chi connectivity index (χ1) is 8.31. The number of nitrogens with zero attached hydrogens (tertiary/aromatic N) is 1. The molecule has 2 aromatic carbocycles. The third kappa shape index (κ3) is 2.64. The van der Waals surface area contributed by atoms with Gasteiger partial charge in [-0.3, -0.25) is 0 Å². The average molecular weight is 223 g/mol. The zero-order valence-electron chi connectivity index (χ0n) is 9.63. The molecule has 0 spiro atoms. The molecule has 0 heterocycles. The summed E-state index contributed by atoms with van der Waals surface area (Å²) in [5.74, 6) is 0.631. The van der Waals surface area contributed by atoms with Crippen LogP contribution in [-0.4, -0.2) is 0 Å². The molecule has 0 N–H and O–H groups in total. The first kappa shape index (κ1) is 11.2. The summed E-state index contributed by atoms with van der Waals surface area (Å²) in [5, 5.41) is 8.97. The molecule has 0 unspecified atom stereocenters. The van der Waals surface area contributed by atoms with Crippen molar-refractivity contribution in [3.05, 3.63) is 65.7 Å². The van der Waals surface area contributed by atoms with Crippen molar-refractivity contribution in [1.29, 1.82) is 5.26 Å². The van der Waals surface area contributed by atoms with Crippen LogP contribution in [0.4, 0.5) is 0 Å². The van der Waals surface area contributed by atoms with E-state index in [4.69, 9.17) is 10.00 Å². The number of hydrogen-bond acceptors (Lipinski definition) is 2. The van der Waals surface area contributed by atoms with Crippen LogP contribution in [0.2, 0.25) is 0 Å². The highest BCUT2D eigenvalue weighted by Gasteiger charge is 2.09. The van der Waals surface area contributed by atoms with Gasteiger partial charge in [-0.1, -0.05) is 42.5 Å². The minimum Gasteiger partial charge on any atom is -0.485 e. The molecule has 2 aromatic rings. The molecule has 0 radical (unpaired) electrons. The maximum atomic E-state index is 8.97. The molecule has 2 heteroatoms. The van der Waals surface area contributed by atoms with Crippen LogP contribution in [-0.2, 0) is 0 Å². The number of rotatable bonds is 3. The average Bonchev–Trinajstić information content (AvgIpc) is 2.40. The highest BCUT2D eigenvalue weighted by Crippen LogP contribution is 2.24. The van der Waals surface area contributed by atoms with Crippen molar-refractivity contribution in [2.45, 2.75) is 13.0 Å². The summed E-state index contributed by atoms with van der Waals surface area (Å²) in [4.78, 5) is 0. The van der Waals surface area contributed by atoms with E-state index in [2.05, 4.69) is 6.07 Å². The zero-order chi connectivity index (χ0) is 12.1. The fraction of sp³-hybridized carbons (Fsp3) is 0.133. The number of para-hydroxylation sites is 1. The minimum absolute atomic E-state index is 0.0642. The standard InChI is InChI=1S/C15H13NO/c1-12(13-7-3-2-4-8-13)17-15-10-6-5-9-14(15)11-16/h2-10,12H,1H3/t12-/m0/s1. The van der Waals surface area contributed by atoms with Gasteiger partial charge in [0, 0.05) is 0 Å². The number of nitriles is 1. The predicted octanol–water partition coefficient (Wildman–Crippen LogP) is 3.70. The third-order valence-electron chi connectivity index (χ3n) is 2.58. The van der Waals surface area contributed by atoms with Gasteiger partial charge >= 0.3 is 0 Å². The van der Waals surface area contributed by atoms with Gasteiger partial charge in [0.15, 0.2) is 0 Å². The molecular formula is C15H13NO. The monoisotopic (exact) mass is 223 g/mol. The Labute approximate surface area is 101 Å². The lowest BCUT2D eigenvalue weighted by molar-refractivity contribution is 0.226. The Hall–Kier alpha value is -2.27. The summed E-state index contributed by atoms with van der Waals surface area (Å²) in [6.07, 6.45) is -0.0642. The quantitative estimate of drug-likeness (QED) is 0.794. The van der Waals surface area contributed by atoms with Gasteiger partial charge in [-0.15, -0.1) is 0 Å². The van der Waals surface area contributed by atoms with E-state index in [0.717, 1.165) is 5.56 Å². The summed E-state index contributed by atoms with van der Waals surface area (Å²) in [6.45, 7) is 1.98. The first-order valence-electron chi connectivity index (χ1n) is 5.52. The summed E-state index contributed by atoms with van der Waals surface area (Å²) in [5.41, 5.74) is 1.66. The van der Waals surface area contributed by atoms with Crippen molar-refractivity contribution in [3.8, 4) is 11.8 Å². The summed E-state index contributed by atoms with van der Waals surface area (Å²) in [7, 11) is 0. The van der Waals surface area contributed by atoms with Crippen LogP contribution >= 0.6 is 0 Å². The van der Waals surface area contributed by atoms with E-state index in [1.54, 1.807) is 6.07 Å². The second-order valence-corrected chi connectivity index (χ2v) is 3.78. The fourth-order valence-electron chi connectivity index (χ4n) is 1.64. The molecule has 1 atom stereocenters. The summed E-state index contributed by atoms with van der Waals surface area (Å²) in [6, 6.07) is 19.4. The van der Waals surface area contributed by atoms with Gasteiger partial charge in [0.1, 0.15) is 17.9 Å². The third-order valence-corrected chi connectivity index (χ3v) is 2.58. The number of hydrogen-bond donors (Lipinski definition) is 0. The maximum Gasteiger partial charge on any atom is 0.137 e. The van der Waals surface area contributed by atoms with Crippen molar-refractivity contribution >= 4 is 0 Å². The molecule has 0 aliphatic heterocycles. The van der Waals surface area contributed by atoms with Crippen LogP contribution in [0.15, 0.2) is 54.6 Å². The minimum atomic E-state index is -0.0642. The van der Waals surface area contributed by atoms with Crippen molar-refractivity contribution in [1.82, 2.24) is 0 Å². The Bertz CT molecular complexity index is 528. The normalized spacial score (nSPS) is 11.5. The smallest absolute Gasteiger partial charge is 0.137 e. The number of benzene rings is 2. The van der Waals surface area contributed by atoms with Gasteiger partial charge in [-0.05, 0) is 24.6 Å². The molecule has 0 amide bonds. The predicted molar refractivity (Wildman–Crippen MR) is 66.6 cm³/mol. The molecule has 0 fully saturated rings. The molecule has 84 valence electrons. The molecule has 2 rings (SSSR count). The first-order valence-corrected chi connectivity index (χ1v) is 5.52. The van der Waals surface area contributed by atoms with Gasteiger partial charge < -0.3 is 4.74 Å². The van der Waals surface area contributed by atoms with Crippen molar-refractivity contribution in [3.63, 3.8) is 0 Å². The molecule has 0 saturated heterocycles. The molecule has 2 nitrogen and oxygen atoms in total. The molecular weight excluding hydrogens is 210 g/mol. The van der Waals surface area contributed by atoms with E-state index < -0.39 is 0 Å². The van der Waals surface area contributed by atoms with Crippen LogP contribution in [0.1, 0.15) is 24.2 Å². The zero-order valence-corrected chi connectivity index (χ0v) is 9.63. The fourth-order valence-corrected chi connectivity index (χ4v) is 1.64. The highest BCUT2D eigenvalue weighted by molar-refractivity contribution is 5.42. The topological polar surface area (TPSA) is 33.0 Å². The van der Waals surface area contributed by atoms with Gasteiger partial charge in [0.05, 0.1) is 5.56 Å². The van der Waals surface area contributed by atoms with Gasteiger partial charge in [-0.2, -0.15) is 5.26 Å². The van der Waals surface area contributed by atoms with Crippen LogP contribution in [0, 0.1) is 11.3 Å². The molecule has 0 aliphatic carbocycles. The van der Waals surface area contributed by atoms with E-state index in [1.165, 1.54) is 0 Å². The lowest BCUT2D eigenvalue weighted by Crippen LogP contribution is -2.03. The van der Waals surface area contributed by atoms with Crippen molar-refractivity contribution in [2.75, 3.05) is 0 Å². The lowest BCUT2D eigenvalue weighted by Gasteiger charge is -2.15. The summed E-state index contributed by atoms with van der Waals surface area (Å²) >= 11 is 0. The summed E-state index contributed by atoms with van der Waals surface area (Å²) < 4.78 is 5.80. The number of ether oxygens (including phenoxy) is 1. The van der Waals surface area contributed by atoms with E-state index in [1.807, 2.05) is 55.5 Å². The Balaban J connectivity index is 2.19. The Morgan fingerprint density at radius 3 is 2.35 bits per heavy atom. The molecule has 0 aliphatic rings. The second-order valence-electron chi connectivity index (χ2n) is 3.78. The van der Waals surface area contributed by atoms with E-state index in [-0.39, 0.29) is 6.10 Å².